The third-order valence-corrected chi connectivity index (χ3v) is 3.38. The van der Waals surface area contributed by atoms with Crippen LogP contribution in [0, 0.1) is 21.8 Å². The number of carbonyl (C=O) groups is 2. The van der Waals surface area contributed by atoms with Gasteiger partial charge in [0.15, 0.2) is 0 Å². The van der Waals surface area contributed by atoms with Crippen LogP contribution in [0.1, 0.15) is 13.3 Å². The molecule has 0 saturated carbocycles. The predicted molar refractivity (Wildman–Crippen MR) is 72.0 cm³/mol. The zero-order valence-electron chi connectivity index (χ0n) is 11.3. The van der Waals surface area contributed by atoms with E-state index < -0.39 is 28.3 Å². The Balaban J connectivity index is 2.09. The molecule has 21 heavy (non-hydrogen) atoms. The highest BCUT2D eigenvalue weighted by Crippen LogP contribution is 2.24. The number of hydrogen-bond acceptors (Lipinski definition) is 4. The average molecular weight is 295 g/mol. The molecule has 1 saturated heterocycles. The van der Waals surface area contributed by atoms with Crippen LogP contribution in [-0.4, -0.2) is 34.7 Å². The molecule has 2 amide bonds. The van der Waals surface area contributed by atoms with Gasteiger partial charge in [-0.25, -0.2) is 0 Å². The quantitative estimate of drug-likeness (QED) is 0.673. The number of nitro benzene ring substituents is 1. The predicted octanol–water partition coefficient (Wildman–Crippen LogP) is 1.54. The van der Waals surface area contributed by atoms with Crippen LogP contribution in [0.2, 0.25) is 0 Å². The summed E-state index contributed by atoms with van der Waals surface area (Å²) < 4.78 is 13.2. The lowest BCUT2D eigenvalue weighted by molar-refractivity contribution is -0.387. The van der Waals surface area contributed by atoms with Gasteiger partial charge in [0.1, 0.15) is 0 Å². The molecule has 0 aromatic heterocycles. The summed E-state index contributed by atoms with van der Waals surface area (Å²) in [5, 5.41) is 13.1. The fourth-order valence-corrected chi connectivity index (χ4v) is 2.23. The topological polar surface area (TPSA) is 92.6 Å². The molecule has 1 fully saturated rings. The van der Waals surface area contributed by atoms with Crippen LogP contribution in [0.4, 0.5) is 15.8 Å². The number of amides is 2. The fourth-order valence-electron chi connectivity index (χ4n) is 2.23. The number of halogens is 1. The van der Waals surface area contributed by atoms with Gasteiger partial charge >= 0.3 is 5.69 Å². The maximum atomic E-state index is 13.2. The maximum Gasteiger partial charge on any atom is 0.306 e. The van der Waals surface area contributed by atoms with Crippen molar-refractivity contribution in [1.82, 2.24) is 4.90 Å². The second-order valence-electron chi connectivity index (χ2n) is 4.75. The molecule has 1 heterocycles. The Morgan fingerprint density at radius 2 is 2.29 bits per heavy atom. The molecule has 0 bridgehead atoms. The first-order chi connectivity index (χ1) is 9.92. The van der Waals surface area contributed by atoms with Crippen molar-refractivity contribution in [2.45, 2.75) is 13.3 Å². The SMILES string of the molecule is CCN1CC(C(=O)Nc2ccc(F)c([N+](=O)[O-])c2)CC1=O. The number of nitro groups is 1. The van der Waals surface area contributed by atoms with E-state index in [1.54, 1.807) is 4.90 Å². The van der Waals surface area contributed by atoms with E-state index in [1.807, 2.05) is 6.92 Å². The summed E-state index contributed by atoms with van der Waals surface area (Å²) in [6.07, 6.45) is 0.114. The third kappa shape index (κ3) is 3.15. The molecule has 1 aromatic carbocycles. The standard InChI is InChI=1S/C13H14FN3O4/c1-2-16-7-8(5-12(16)18)13(19)15-9-3-4-10(14)11(6-9)17(20)21/h3-4,6,8H,2,5,7H2,1H3,(H,15,19). The number of benzene rings is 1. The van der Waals surface area contributed by atoms with Crippen LogP contribution in [0.5, 0.6) is 0 Å². The van der Waals surface area contributed by atoms with Crippen molar-refractivity contribution in [2.75, 3.05) is 18.4 Å². The van der Waals surface area contributed by atoms with Crippen LogP contribution in [0.25, 0.3) is 0 Å². The molecule has 1 N–H and O–H groups in total. The highest BCUT2D eigenvalue weighted by molar-refractivity contribution is 5.97. The molecule has 7 nitrogen and oxygen atoms in total. The number of rotatable bonds is 4. The van der Waals surface area contributed by atoms with Gasteiger partial charge < -0.3 is 10.2 Å². The first-order valence-corrected chi connectivity index (χ1v) is 6.45. The average Bonchev–Trinajstić information content (AvgIpc) is 2.82. The highest BCUT2D eigenvalue weighted by atomic mass is 19.1. The van der Waals surface area contributed by atoms with Crippen LogP contribution >= 0.6 is 0 Å². The van der Waals surface area contributed by atoms with Crippen molar-refractivity contribution in [3.63, 3.8) is 0 Å². The van der Waals surface area contributed by atoms with Gasteiger partial charge in [0.05, 0.1) is 10.8 Å². The van der Waals surface area contributed by atoms with E-state index in [-0.39, 0.29) is 18.0 Å². The van der Waals surface area contributed by atoms with Crippen molar-refractivity contribution in [3.05, 3.63) is 34.1 Å². The number of likely N-dealkylation sites (tertiary alicyclic amines) is 1. The van der Waals surface area contributed by atoms with Crippen LogP contribution in [0.3, 0.4) is 0 Å². The molecule has 1 unspecified atom stereocenters. The smallest absolute Gasteiger partial charge is 0.306 e. The number of anilines is 1. The summed E-state index contributed by atoms with van der Waals surface area (Å²) >= 11 is 0. The molecule has 0 radical (unpaired) electrons. The minimum absolute atomic E-state index is 0.0947. The molecular weight excluding hydrogens is 281 g/mol. The lowest BCUT2D eigenvalue weighted by Gasteiger charge is -2.13. The van der Waals surface area contributed by atoms with Crippen molar-refractivity contribution in [3.8, 4) is 0 Å². The van der Waals surface area contributed by atoms with E-state index in [0.717, 1.165) is 12.1 Å². The Morgan fingerprint density at radius 1 is 1.57 bits per heavy atom. The first kappa shape index (κ1) is 14.9. The number of hydrogen-bond donors (Lipinski definition) is 1. The Labute approximate surface area is 119 Å². The van der Waals surface area contributed by atoms with Crippen LogP contribution < -0.4 is 5.32 Å². The molecule has 112 valence electrons. The summed E-state index contributed by atoms with van der Waals surface area (Å²) in [5.74, 6) is -1.96. The van der Waals surface area contributed by atoms with Crippen LogP contribution in [0.15, 0.2) is 18.2 Å². The normalized spacial score (nSPS) is 17.9. The van der Waals surface area contributed by atoms with E-state index in [0.29, 0.717) is 13.1 Å². The Bertz CT molecular complexity index is 605. The molecular formula is C13H14FN3O4. The number of nitrogens with one attached hydrogen (secondary N) is 1. The Kier molecular flexibility index (Phi) is 4.15. The molecule has 1 atom stereocenters. The Morgan fingerprint density at radius 3 is 2.86 bits per heavy atom. The number of nitrogens with zero attached hydrogens (tertiary/aromatic N) is 2. The summed E-state index contributed by atoms with van der Waals surface area (Å²) in [5.41, 5.74) is -0.569. The third-order valence-electron chi connectivity index (χ3n) is 3.38. The molecule has 1 aromatic rings. The van der Waals surface area contributed by atoms with E-state index in [2.05, 4.69) is 5.32 Å². The monoisotopic (exact) mass is 295 g/mol. The van der Waals surface area contributed by atoms with Gasteiger partial charge in [-0.1, -0.05) is 0 Å². The zero-order chi connectivity index (χ0) is 15.6. The highest BCUT2D eigenvalue weighted by Gasteiger charge is 2.33. The second-order valence-corrected chi connectivity index (χ2v) is 4.75. The Hall–Kier alpha value is -2.51. The van der Waals surface area contributed by atoms with Gasteiger partial charge in [0.2, 0.25) is 17.6 Å². The molecule has 0 aliphatic carbocycles. The van der Waals surface area contributed by atoms with Gasteiger partial charge in [-0.3, -0.25) is 19.7 Å². The summed E-state index contributed by atoms with van der Waals surface area (Å²) in [6, 6.07) is 3.13. The van der Waals surface area contributed by atoms with E-state index >= 15 is 0 Å². The fraction of sp³-hybridized carbons (Fsp3) is 0.385. The zero-order valence-corrected chi connectivity index (χ0v) is 11.3. The molecule has 1 aliphatic heterocycles. The summed E-state index contributed by atoms with van der Waals surface area (Å²) in [7, 11) is 0. The lowest BCUT2D eigenvalue weighted by Crippen LogP contribution is -2.28. The molecule has 1 aliphatic rings. The van der Waals surface area contributed by atoms with Crippen molar-refractivity contribution < 1.29 is 18.9 Å². The second kappa shape index (κ2) is 5.86. The maximum absolute atomic E-state index is 13.2. The van der Waals surface area contributed by atoms with E-state index in [1.165, 1.54) is 6.07 Å². The van der Waals surface area contributed by atoms with Gasteiger partial charge in [-0.05, 0) is 19.1 Å². The summed E-state index contributed by atoms with van der Waals surface area (Å²) in [4.78, 5) is 35.0. The van der Waals surface area contributed by atoms with Crippen molar-refractivity contribution >= 4 is 23.2 Å². The van der Waals surface area contributed by atoms with Gasteiger partial charge in [-0.2, -0.15) is 4.39 Å². The van der Waals surface area contributed by atoms with Crippen molar-refractivity contribution in [1.29, 1.82) is 0 Å². The van der Waals surface area contributed by atoms with Crippen molar-refractivity contribution in [2.24, 2.45) is 5.92 Å². The van der Waals surface area contributed by atoms with Crippen LogP contribution in [-0.2, 0) is 9.59 Å². The van der Waals surface area contributed by atoms with E-state index in [9.17, 15) is 24.1 Å². The van der Waals surface area contributed by atoms with Gasteiger partial charge in [-0.15, -0.1) is 0 Å². The molecule has 0 spiro atoms. The minimum Gasteiger partial charge on any atom is -0.342 e. The van der Waals surface area contributed by atoms with E-state index in [4.69, 9.17) is 0 Å². The summed E-state index contributed by atoms with van der Waals surface area (Å²) in [6.45, 7) is 2.68. The first-order valence-electron chi connectivity index (χ1n) is 6.45. The minimum atomic E-state index is -0.966. The molecule has 2 rings (SSSR count). The lowest BCUT2D eigenvalue weighted by atomic mass is 10.1. The van der Waals surface area contributed by atoms with Gasteiger partial charge in [0.25, 0.3) is 0 Å². The molecule has 8 heteroatoms. The number of carbonyl (C=O) groups excluding carboxylic acids is 2. The largest absolute Gasteiger partial charge is 0.342 e. The van der Waals surface area contributed by atoms with Gasteiger partial charge in [0, 0.05) is 31.3 Å².